The summed E-state index contributed by atoms with van der Waals surface area (Å²) in [5.74, 6) is 0.218. The molecule has 1 saturated carbocycles. The monoisotopic (exact) mass is 335 g/mol. The molecule has 7 nitrogen and oxygen atoms in total. The molecule has 1 fully saturated rings. The molecule has 1 aliphatic rings. The normalized spacial score (nSPS) is 15.5. The van der Waals surface area contributed by atoms with Crippen LogP contribution in [0.2, 0.25) is 5.02 Å². The molecule has 0 aromatic carbocycles. The Hall–Kier alpha value is -2.15. The van der Waals surface area contributed by atoms with Crippen molar-refractivity contribution in [2.24, 2.45) is 0 Å². The van der Waals surface area contributed by atoms with Crippen LogP contribution in [0.15, 0.2) is 23.4 Å². The lowest BCUT2D eigenvalue weighted by Crippen LogP contribution is -2.30. The Labute approximate surface area is 138 Å². The minimum Gasteiger partial charge on any atom is -0.345 e. The minimum absolute atomic E-state index is 0.0127. The fraction of sp³-hybridized carbons (Fsp3) is 0.467. The molecule has 122 valence electrons. The molecule has 0 saturated heterocycles. The van der Waals surface area contributed by atoms with Crippen molar-refractivity contribution >= 4 is 17.5 Å². The van der Waals surface area contributed by atoms with Crippen LogP contribution in [0.4, 0.5) is 0 Å². The fourth-order valence-corrected chi connectivity index (χ4v) is 3.10. The zero-order valence-electron chi connectivity index (χ0n) is 12.6. The van der Waals surface area contributed by atoms with E-state index in [0.717, 1.165) is 12.8 Å². The summed E-state index contributed by atoms with van der Waals surface area (Å²) < 4.78 is 2.03. The van der Waals surface area contributed by atoms with Gasteiger partial charge in [0.05, 0.1) is 11.6 Å². The SMILES string of the molecule is O=C(NCc1nncn1C1CCCCC1)c1cc(Cl)c[nH]c1=O. The molecule has 0 bridgehead atoms. The average molecular weight is 336 g/mol. The van der Waals surface area contributed by atoms with Gasteiger partial charge in [-0.05, 0) is 18.9 Å². The number of pyridine rings is 1. The van der Waals surface area contributed by atoms with Crippen LogP contribution in [0.3, 0.4) is 0 Å². The Morgan fingerprint density at radius 2 is 2.17 bits per heavy atom. The number of hydrogen-bond acceptors (Lipinski definition) is 4. The highest BCUT2D eigenvalue weighted by atomic mass is 35.5. The van der Waals surface area contributed by atoms with Gasteiger partial charge in [-0.3, -0.25) is 9.59 Å². The van der Waals surface area contributed by atoms with Crippen LogP contribution < -0.4 is 10.9 Å². The van der Waals surface area contributed by atoms with Gasteiger partial charge in [0.2, 0.25) is 0 Å². The number of carbonyl (C=O) groups excluding carboxylic acids is 1. The standard InChI is InChI=1S/C15H18ClN5O2/c16-10-6-12(14(22)17-7-10)15(23)18-8-13-20-19-9-21(13)11-4-2-1-3-5-11/h6-7,9,11H,1-5,8H2,(H,17,22)(H,18,23). The average Bonchev–Trinajstić information content (AvgIpc) is 3.04. The zero-order chi connectivity index (χ0) is 16.2. The first kappa shape index (κ1) is 15.7. The van der Waals surface area contributed by atoms with Crippen LogP contribution in [0, 0.1) is 0 Å². The number of nitrogens with one attached hydrogen (secondary N) is 2. The largest absolute Gasteiger partial charge is 0.345 e. The van der Waals surface area contributed by atoms with Crippen molar-refractivity contribution in [3.05, 3.63) is 45.4 Å². The highest BCUT2D eigenvalue weighted by Crippen LogP contribution is 2.28. The maximum absolute atomic E-state index is 12.2. The summed E-state index contributed by atoms with van der Waals surface area (Å²) in [6.45, 7) is 0.223. The van der Waals surface area contributed by atoms with Crippen molar-refractivity contribution in [1.82, 2.24) is 25.1 Å². The van der Waals surface area contributed by atoms with Gasteiger partial charge in [0.25, 0.3) is 11.5 Å². The summed E-state index contributed by atoms with van der Waals surface area (Å²) >= 11 is 5.81. The topological polar surface area (TPSA) is 92.7 Å². The summed E-state index contributed by atoms with van der Waals surface area (Å²) in [6.07, 6.45) is 8.94. The molecule has 8 heteroatoms. The number of aromatic amines is 1. The van der Waals surface area contributed by atoms with Crippen molar-refractivity contribution in [3.8, 4) is 0 Å². The van der Waals surface area contributed by atoms with E-state index in [2.05, 4.69) is 20.5 Å². The lowest BCUT2D eigenvalue weighted by molar-refractivity contribution is 0.0947. The second kappa shape index (κ2) is 6.95. The number of halogens is 1. The molecule has 0 atom stereocenters. The van der Waals surface area contributed by atoms with Gasteiger partial charge in [0, 0.05) is 12.2 Å². The van der Waals surface area contributed by atoms with Gasteiger partial charge in [0.1, 0.15) is 11.9 Å². The Bertz CT molecular complexity index is 748. The number of nitrogens with zero attached hydrogens (tertiary/aromatic N) is 3. The Kier molecular flexibility index (Phi) is 4.76. The number of aromatic nitrogens is 4. The first-order valence-corrected chi connectivity index (χ1v) is 8.08. The molecule has 1 amide bonds. The molecular weight excluding hydrogens is 318 g/mol. The number of hydrogen-bond donors (Lipinski definition) is 2. The molecule has 2 heterocycles. The van der Waals surface area contributed by atoms with E-state index in [1.807, 2.05) is 4.57 Å². The molecule has 23 heavy (non-hydrogen) atoms. The first-order valence-electron chi connectivity index (χ1n) is 7.70. The van der Waals surface area contributed by atoms with E-state index in [1.54, 1.807) is 6.33 Å². The third-order valence-electron chi connectivity index (χ3n) is 4.14. The van der Waals surface area contributed by atoms with Crippen molar-refractivity contribution in [3.63, 3.8) is 0 Å². The molecule has 2 aromatic heterocycles. The predicted molar refractivity (Wildman–Crippen MR) is 85.4 cm³/mol. The van der Waals surface area contributed by atoms with Gasteiger partial charge in [-0.25, -0.2) is 0 Å². The van der Waals surface area contributed by atoms with Crippen molar-refractivity contribution in [2.45, 2.75) is 44.7 Å². The van der Waals surface area contributed by atoms with Crippen LogP contribution in [0.25, 0.3) is 0 Å². The molecule has 2 N–H and O–H groups in total. The molecular formula is C15H18ClN5O2. The lowest BCUT2D eigenvalue weighted by Gasteiger charge is -2.24. The highest BCUT2D eigenvalue weighted by Gasteiger charge is 2.19. The van der Waals surface area contributed by atoms with Gasteiger partial charge in [-0.15, -0.1) is 10.2 Å². The molecule has 0 unspecified atom stereocenters. The Morgan fingerprint density at radius 3 is 2.96 bits per heavy atom. The molecule has 3 rings (SSSR count). The number of rotatable bonds is 4. The fourth-order valence-electron chi connectivity index (χ4n) is 2.94. The third-order valence-corrected chi connectivity index (χ3v) is 4.35. The van der Waals surface area contributed by atoms with Gasteiger partial charge >= 0.3 is 0 Å². The van der Waals surface area contributed by atoms with E-state index in [9.17, 15) is 9.59 Å². The van der Waals surface area contributed by atoms with Crippen molar-refractivity contribution < 1.29 is 4.79 Å². The summed E-state index contributed by atoms with van der Waals surface area (Å²) in [7, 11) is 0. The highest BCUT2D eigenvalue weighted by molar-refractivity contribution is 6.30. The zero-order valence-corrected chi connectivity index (χ0v) is 13.3. The lowest BCUT2D eigenvalue weighted by atomic mass is 9.95. The summed E-state index contributed by atoms with van der Waals surface area (Å²) in [4.78, 5) is 26.3. The Balaban J connectivity index is 1.69. The third kappa shape index (κ3) is 3.61. The van der Waals surface area contributed by atoms with E-state index in [0.29, 0.717) is 16.9 Å². The van der Waals surface area contributed by atoms with E-state index in [-0.39, 0.29) is 12.1 Å². The van der Waals surface area contributed by atoms with E-state index in [4.69, 9.17) is 11.6 Å². The summed E-state index contributed by atoms with van der Waals surface area (Å²) in [6, 6.07) is 1.74. The van der Waals surface area contributed by atoms with Crippen LogP contribution >= 0.6 is 11.6 Å². The van der Waals surface area contributed by atoms with Gasteiger partial charge in [-0.2, -0.15) is 0 Å². The molecule has 1 aliphatic carbocycles. The summed E-state index contributed by atoms with van der Waals surface area (Å²) in [5, 5.41) is 11.0. The van der Waals surface area contributed by atoms with Gasteiger partial charge in [-0.1, -0.05) is 30.9 Å². The van der Waals surface area contributed by atoms with E-state index < -0.39 is 11.5 Å². The van der Waals surface area contributed by atoms with E-state index in [1.165, 1.54) is 31.5 Å². The van der Waals surface area contributed by atoms with Gasteiger partial charge < -0.3 is 14.9 Å². The van der Waals surface area contributed by atoms with Crippen LogP contribution in [-0.4, -0.2) is 25.7 Å². The van der Waals surface area contributed by atoms with Crippen molar-refractivity contribution in [2.75, 3.05) is 0 Å². The second-order valence-electron chi connectivity index (χ2n) is 5.69. The van der Waals surface area contributed by atoms with Gasteiger partial charge in [0.15, 0.2) is 5.82 Å². The molecule has 0 spiro atoms. The number of carbonyl (C=O) groups is 1. The predicted octanol–water partition coefficient (Wildman–Crippen LogP) is 2.05. The van der Waals surface area contributed by atoms with Crippen LogP contribution in [-0.2, 0) is 6.54 Å². The molecule has 0 radical (unpaired) electrons. The maximum Gasteiger partial charge on any atom is 0.260 e. The van der Waals surface area contributed by atoms with Crippen LogP contribution in [0.1, 0.15) is 54.3 Å². The molecule has 0 aliphatic heterocycles. The quantitative estimate of drug-likeness (QED) is 0.894. The Morgan fingerprint density at radius 1 is 1.39 bits per heavy atom. The number of amides is 1. The van der Waals surface area contributed by atoms with E-state index >= 15 is 0 Å². The van der Waals surface area contributed by atoms with Crippen molar-refractivity contribution in [1.29, 1.82) is 0 Å². The van der Waals surface area contributed by atoms with Crippen LogP contribution in [0.5, 0.6) is 0 Å². The number of H-pyrrole nitrogens is 1. The second-order valence-corrected chi connectivity index (χ2v) is 6.13. The minimum atomic E-state index is -0.480. The molecule has 2 aromatic rings. The first-order chi connectivity index (χ1) is 11.1. The maximum atomic E-state index is 12.2. The summed E-state index contributed by atoms with van der Waals surface area (Å²) in [5.41, 5.74) is -0.484. The smallest absolute Gasteiger partial charge is 0.260 e.